The number of hydrogen-bond acceptors (Lipinski definition) is 3. The number of ether oxygens (including phenoxy) is 1. The van der Waals surface area contributed by atoms with Crippen molar-refractivity contribution in [1.29, 1.82) is 0 Å². The molecule has 0 saturated heterocycles. The summed E-state index contributed by atoms with van der Waals surface area (Å²) in [5.74, 6) is -1.58. The molecule has 7 heteroatoms. The van der Waals surface area contributed by atoms with Crippen LogP contribution in [0.15, 0.2) is 42.5 Å². The fraction of sp³-hybridized carbons (Fsp3) is 0.176. The van der Waals surface area contributed by atoms with E-state index in [0.29, 0.717) is 5.75 Å². The second-order valence-electron chi connectivity index (χ2n) is 5.05. The first-order valence-corrected chi connectivity index (χ1v) is 7.49. The van der Waals surface area contributed by atoms with Crippen LogP contribution in [-0.4, -0.2) is 18.9 Å². The first kappa shape index (κ1) is 17.7. The van der Waals surface area contributed by atoms with Gasteiger partial charge in [-0.05, 0) is 42.8 Å². The molecule has 0 spiro atoms. The van der Waals surface area contributed by atoms with Crippen LogP contribution >= 0.6 is 11.6 Å². The minimum absolute atomic E-state index is 0.139. The Kier molecular flexibility index (Phi) is 5.76. The third-order valence-corrected chi connectivity index (χ3v) is 3.64. The van der Waals surface area contributed by atoms with Crippen molar-refractivity contribution in [2.45, 2.75) is 13.0 Å². The molecule has 0 aliphatic rings. The maximum Gasteiger partial charge on any atom is 0.313 e. The van der Waals surface area contributed by atoms with Crippen molar-refractivity contribution in [2.75, 3.05) is 12.4 Å². The number of anilines is 1. The molecule has 126 valence electrons. The monoisotopic (exact) mass is 350 g/mol. The van der Waals surface area contributed by atoms with Crippen molar-refractivity contribution in [3.63, 3.8) is 0 Å². The summed E-state index contributed by atoms with van der Waals surface area (Å²) in [5.41, 5.74) is 1.06. The van der Waals surface area contributed by atoms with Crippen molar-refractivity contribution < 1.29 is 18.7 Å². The lowest BCUT2D eigenvalue weighted by Crippen LogP contribution is -2.36. The predicted octanol–water partition coefficient (Wildman–Crippen LogP) is 3.30. The third kappa shape index (κ3) is 4.45. The van der Waals surface area contributed by atoms with E-state index < -0.39 is 17.6 Å². The number of carbonyl (C=O) groups is 2. The van der Waals surface area contributed by atoms with E-state index in [4.69, 9.17) is 16.3 Å². The Hall–Kier alpha value is -2.60. The van der Waals surface area contributed by atoms with Gasteiger partial charge in [0, 0.05) is 5.69 Å². The molecule has 0 saturated carbocycles. The highest BCUT2D eigenvalue weighted by Crippen LogP contribution is 2.20. The summed E-state index contributed by atoms with van der Waals surface area (Å²) in [6.45, 7) is 1.75. The van der Waals surface area contributed by atoms with Gasteiger partial charge >= 0.3 is 11.8 Å². The molecule has 2 N–H and O–H groups in total. The number of rotatable bonds is 4. The van der Waals surface area contributed by atoms with Gasteiger partial charge in [-0.3, -0.25) is 9.59 Å². The number of nitrogens with one attached hydrogen (secondary N) is 2. The largest absolute Gasteiger partial charge is 0.497 e. The van der Waals surface area contributed by atoms with Crippen molar-refractivity contribution in [2.24, 2.45) is 0 Å². The molecule has 0 radical (unpaired) electrons. The highest BCUT2D eigenvalue weighted by Gasteiger charge is 2.17. The van der Waals surface area contributed by atoms with Crippen LogP contribution in [0.1, 0.15) is 18.5 Å². The predicted molar refractivity (Wildman–Crippen MR) is 89.6 cm³/mol. The van der Waals surface area contributed by atoms with E-state index in [-0.39, 0.29) is 16.8 Å². The lowest BCUT2D eigenvalue weighted by Gasteiger charge is -2.14. The smallest absolute Gasteiger partial charge is 0.313 e. The Morgan fingerprint density at radius 3 is 2.38 bits per heavy atom. The van der Waals surface area contributed by atoms with Gasteiger partial charge in [0.25, 0.3) is 0 Å². The van der Waals surface area contributed by atoms with Crippen LogP contribution in [0.2, 0.25) is 5.02 Å². The Bertz CT molecular complexity index is 750. The van der Waals surface area contributed by atoms with Gasteiger partial charge in [0.1, 0.15) is 11.6 Å². The van der Waals surface area contributed by atoms with Crippen molar-refractivity contribution in [1.82, 2.24) is 5.32 Å². The summed E-state index contributed by atoms with van der Waals surface area (Å²) in [6, 6.07) is 10.4. The molecule has 2 amide bonds. The highest BCUT2D eigenvalue weighted by molar-refractivity contribution is 6.40. The molecule has 5 nitrogen and oxygen atoms in total. The third-order valence-electron chi connectivity index (χ3n) is 3.35. The molecular formula is C17H16ClFN2O3. The quantitative estimate of drug-likeness (QED) is 0.831. The van der Waals surface area contributed by atoms with Crippen molar-refractivity contribution in [3.8, 4) is 5.75 Å². The molecule has 0 aromatic heterocycles. The van der Waals surface area contributed by atoms with E-state index in [1.165, 1.54) is 12.1 Å². The molecule has 2 aromatic carbocycles. The topological polar surface area (TPSA) is 67.4 Å². The van der Waals surface area contributed by atoms with Crippen LogP contribution in [0, 0.1) is 5.82 Å². The Morgan fingerprint density at radius 2 is 1.79 bits per heavy atom. The number of benzene rings is 2. The first-order valence-electron chi connectivity index (χ1n) is 7.11. The van der Waals surface area contributed by atoms with Gasteiger partial charge in [-0.2, -0.15) is 0 Å². The molecule has 2 rings (SSSR count). The minimum Gasteiger partial charge on any atom is -0.497 e. The summed E-state index contributed by atoms with van der Waals surface area (Å²) in [4.78, 5) is 23.8. The second-order valence-corrected chi connectivity index (χ2v) is 5.46. The van der Waals surface area contributed by atoms with Gasteiger partial charge in [-0.15, -0.1) is 0 Å². The standard InChI is InChI=1S/C17H16ClFN2O3/c1-10(11-3-6-13(24-2)7-4-11)20-16(22)17(23)21-12-5-8-15(19)14(18)9-12/h3-10H,1-2H3,(H,20,22)(H,21,23). The highest BCUT2D eigenvalue weighted by atomic mass is 35.5. The average Bonchev–Trinajstić information content (AvgIpc) is 2.58. The summed E-state index contributed by atoms with van der Waals surface area (Å²) in [5, 5.41) is 4.80. The van der Waals surface area contributed by atoms with Gasteiger partial charge in [0.2, 0.25) is 0 Å². The average molecular weight is 351 g/mol. The molecule has 0 bridgehead atoms. The Balaban J connectivity index is 1.97. The van der Waals surface area contributed by atoms with E-state index in [2.05, 4.69) is 10.6 Å². The van der Waals surface area contributed by atoms with Gasteiger partial charge in [-0.25, -0.2) is 4.39 Å². The maximum absolute atomic E-state index is 13.1. The molecule has 24 heavy (non-hydrogen) atoms. The van der Waals surface area contributed by atoms with E-state index in [0.717, 1.165) is 11.6 Å². The summed E-state index contributed by atoms with van der Waals surface area (Å²) < 4.78 is 18.1. The van der Waals surface area contributed by atoms with Crippen LogP contribution in [0.25, 0.3) is 0 Å². The van der Waals surface area contributed by atoms with E-state index >= 15 is 0 Å². The van der Waals surface area contributed by atoms with Gasteiger partial charge in [0.05, 0.1) is 18.2 Å². The van der Waals surface area contributed by atoms with Crippen LogP contribution in [0.3, 0.4) is 0 Å². The molecule has 1 unspecified atom stereocenters. The lowest BCUT2D eigenvalue weighted by atomic mass is 10.1. The molecule has 2 aromatic rings. The normalized spacial score (nSPS) is 11.5. The fourth-order valence-electron chi connectivity index (χ4n) is 2.00. The molecule has 0 fully saturated rings. The first-order chi connectivity index (χ1) is 11.4. The number of amides is 2. The Morgan fingerprint density at radius 1 is 1.12 bits per heavy atom. The molecule has 0 aliphatic heterocycles. The summed E-state index contributed by atoms with van der Waals surface area (Å²) >= 11 is 5.63. The number of methoxy groups -OCH3 is 1. The number of carbonyl (C=O) groups excluding carboxylic acids is 2. The van der Waals surface area contributed by atoms with Crippen molar-refractivity contribution in [3.05, 3.63) is 58.9 Å². The van der Waals surface area contributed by atoms with Crippen LogP contribution in [0.5, 0.6) is 5.75 Å². The molecule has 0 heterocycles. The van der Waals surface area contributed by atoms with Crippen LogP contribution < -0.4 is 15.4 Å². The molecule has 1 atom stereocenters. The fourth-order valence-corrected chi connectivity index (χ4v) is 2.18. The van der Waals surface area contributed by atoms with E-state index in [9.17, 15) is 14.0 Å². The van der Waals surface area contributed by atoms with E-state index in [1.54, 1.807) is 38.3 Å². The number of halogens is 2. The summed E-state index contributed by atoms with van der Waals surface area (Å²) in [6.07, 6.45) is 0. The molecular weight excluding hydrogens is 335 g/mol. The molecule has 0 aliphatic carbocycles. The van der Waals surface area contributed by atoms with Crippen molar-refractivity contribution >= 4 is 29.1 Å². The second kappa shape index (κ2) is 7.79. The SMILES string of the molecule is COc1ccc(C(C)NC(=O)C(=O)Nc2ccc(F)c(Cl)c2)cc1. The van der Waals surface area contributed by atoms with Crippen LogP contribution in [0.4, 0.5) is 10.1 Å². The van der Waals surface area contributed by atoms with Gasteiger partial charge in [-0.1, -0.05) is 23.7 Å². The van der Waals surface area contributed by atoms with Gasteiger partial charge < -0.3 is 15.4 Å². The zero-order valence-electron chi connectivity index (χ0n) is 13.1. The minimum atomic E-state index is -0.863. The lowest BCUT2D eigenvalue weighted by molar-refractivity contribution is -0.136. The zero-order chi connectivity index (χ0) is 17.7. The number of hydrogen-bond donors (Lipinski definition) is 2. The zero-order valence-corrected chi connectivity index (χ0v) is 13.9. The maximum atomic E-state index is 13.1. The van der Waals surface area contributed by atoms with Crippen LogP contribution in [-0.2, 0) is 9.59 Å². The summed E-state index contributed by atoms with van der Waals surface area (Å²) in [7, 11) is 1.56. The van der Waals surface area contributed by atoms with Gasteiger partial charge in [0.15, 0.2) is 0 Å². The Labute approximate surface area is 143 Å². The van der Waals surface area contributed by atoms with E-state index in [1.807, 2.05) is 0 Å².